The number of alkyl halides is 3. The second-order valence-electron chi connectivity index (χ2n) is 4.60. The Morgan fingerprint density at radius 1 is 1.29 bits per heavy atom. The minimum atomic E-state index is -4.28. The number of nitrogens with zero attached hydrogens (tertiary/aromatic N) is 1. The van der Waals surface area contributed by atoms with E-state index in [1.54, 1.807) is 18.2 Å². The summed E-state index contributed by atoms with van der Waals surface area (Å²) in [4.78, 5) is 0.142. The maximum atomic E-state index is 12.2. The average Bonchev–Trinajstić information content (AvgIpc) is 2.86. The van der Waals surface area contributed by atoms with Crippen LogP contribution >= 0.6 is 11.8 Å². The van der Waals surface area contributed by atoms with Crippen LogP contribution in [-0.2, 0) is 0 Å². The molecule has 0 spiro atoms. The van der Waals surface area contributed by atoms with Crippen LogP contribution in [0.2, 0.25) is 0 Å². The molecule has 0 amide bonds. The number of hydrogen-bond donors (Lipinski definition) is 1. The van der Waals surface area contributed by atoms with Crippen molar-refractivity contribution >= 4 is 17.6 Å². The van der Waals surface area contributed by atoms with Crippen LogP contribution < -0.4 is 5.32 Å². The van der Waals surface area contributed by atoms with Crippen molar-refractivity contribution in [1.29, 1.82) is 0 Å². The number of hydrogen-bond acceptors (Lipinski definition) is 4. The highest BCUT2D eigenvalue weighted by Gasteiger charge is 2.29. The molecule has 2 aromatic rings. The van der Waals surface area contributed by atoms with Gasteiger partial charge in [-0.2, -0.15) is 13.2 Å². The van der Waals surface area contributed by atoms with E-state index in [4.69, 9.17) is 4.52 Å². The predicted molar refractivity (Wildman–Crippen MR) is 77.2 cm³/mol. The normalized spacial score (nSPS) is 13.2. The third-order valence-corrected chi connectivity index (χ3v) is 3.63. The smallest absolute Gasteiger partial charge is 0.365 e. The third kappa shape index (κ3) is 4.70. The molecule has 7 heteroatoms. The van der Waals surface area contributed by atoms with Crippen LogP contribution in [0.5, 0.6) is 0 Å². The Morgan fingerprint density at radius 2 is 1.95 bits per heavy atom. The number of nitrogens with one attached hydrogen (secondary N) is 1. The van der Waals surface area contributed by atoms with Gasteiger partial charge in [0.15, 0.2) is 11.6 Å². The summed E-state index contributed by atoms with van der Waals surface area (Å²) in [7, 11) is 0. The largest absolute Gasteiger partial charge is 0.446 e. The molecule has 0 fully saturated rings. The molecule has 0 aliphatic rings. The Bertz CT molecular complexity index is 581. The Hall–Kier alpha value is -1.63. The fourth-order valence-electron chi connectivity index (χ4n) is 1.65. The number of anilines is 1. The molecule has 114 valence electrons. The van der Waals surface area contributed by atoms with Gasteiger partial charge in [-0.3, -0.25) is 0 Å². The first-order valence-electron chi connectivity index (χ1n) is 6.47. The number of thioether (sulfide) groups is 1. The third-order valence-electron chi connectivity index (χ3n) is 2.89. The fourth-order valence-corrected chi connectivity index (χ4v) is 2.19. The maximum absolute atomic E-state index is 12.2. The van der Waals surface area contributed by atoms with E-state index in [2.05, 4.69) is 17.4 Å². The van der Waals surface area contributed by atoms with Crippen molar-refractivity contribution in [3.05, 3.63) is 30.3 Å². The summed E-state index contributed by atoms with van der Waals surface area (Å²) < 4.78 is 41.9. The van der Waals surface area contributed by atoms with Crippen LogP contribution in [0.15, 0.2) is 39.8 Å². The van der Waals surface area contributed by atoms with Crippen molar-refractivity contribution in [3.63, 3.8) is 0 Å². The number of rotatable bonds is 5. The summed E-state index contributed by atoms with van der Waals surface area (Å²) in [6, 6.07) is 8.00. The van der Waals surface area contributed by atoms with E-state index in [0.29, 0.717) is 17.1 Å². The Morgan fingerprint density at radius 3 is 2.52 bits per heavy atom. The molecular formula is C14H15F3N2OS. The standard InChI is InChI=1S/C14H15F3N2OS/c1-3-9(2)18-13-8-12(20-19-13)10-4-6-11(7-5-10)21-14(15,16)17/h4-9H,3H2,1-2H3,(H,18,19). The van der Waals surface area contributed by atoms with Gasteiger partial charge >= 0.3 is 5.51 Å². The molecular weight excluding hydrogens is 301 g/mol. The van der Waals surface area contributed by atoms with Gasteiger partial charge < -0.3 is 9.84 Å². The Kier molecular flexibility index (Phi) is 4.82. The van der Waals surface area contributed by atoms with Gasteiger partial charge in [-0.05, 0) is 37.2 Å². The first kappa shape index (κ1) is 15.8. The summed E-state index contributed by atoms with van der Waals surface area (Å²) in [5.41, 5.74) is -3.59. The summed E-state index contributed by atoms with van der Waals surface area (Å²) in [6.45, 7) is 4.08. The molecule has 0 saturated heterocycles. The molecule has 0 aliphatic carbocycles. The minimum Gasteiger partial charge on any atom is -0.365 e. The van der Waals surface area contributed by atoms with Gasteiger partial charge in [-0.25, -0.2) is 0 Å². The molecule has 1 atom stereocenters. The van der Waals surface area contributed by atoms with Crippen molar-refractivity contribution in [2.45, 2.75) is 36.7 Å². The molecule has 2 rings (SSSR count). The molecule has 0 saturated carbocycles. The van der Waals surface area contributed by atoms with Gasteiger partial charge in [0.25, 0.3) is 0 Å². The number of aromatic nitrogens is 1. The minimum absolute atomic E-state index is 0.137. The van der Waals surface area contributed by atoms with Crippen LogP contribution in [0, 0.1) is 0 Å². The number of halogens is 3. The van der Waals surface area contributed by atoms with Crippen LogP contribution in [0.1, 0.15) is 20.3 Å². The van der Waals surface area contributed by atoms with Crippen LogP contribution in [-0.4, -0.2) is 16.7 Å². The Balaban J connectivity index is 2.08. The first-order chi connectivity index (χ1) is 9.87. The molecule has 3 nitrogen and oxygen atoms in total. The topological polar surface area (TPSA) is 38.1 Å². The highest BCUT2D eigenvalue weighted by Crippen LogP contribution is 2.37. The van der Waals surface area contributed by atoms with Crippen LogP contribution in [0.4, 0.5) is 19.0 Å². The van der Waals surface area contributed by atoms with E-state index in [9.17, 15) is 13.2 Å². The van der Waals surface area contributed by atoms with Gasteiger partial charge in [-0.15, -0.1) is 0 Å². The van der Waals surface area contributed by atoms with Gasteiger partial charge in [0.05, 0.1) is 0 Å². The second-order valence-corrected chi connectivity index (χ2v) is 5.74. The van der Waals surface area contributed by atoms with Gasteiger partial charge in [-0.1, -0.05) is 24.2 Å². The first-order valence-corrected chi connectivity index (χ1v) is 7.28. The van der Waals surface area contributed by atoms with E-state index in [0.717, 1.165) is 6.42 Å². The van der Waals surface area contributed by atoms with Crippen LogP contribution in [0.25, 0.3) is 11.3 Å². The van der Waals surface area contributed by atoms with Crippen LogP contribution in [0.3, 0.4) is 0 Å². The SMILES string of the molecule is CCC(C)Nc1cc(-c2ccc(SC(F)(F)F)cc2)on1. The van der Waals surface area contributed by atoms with Gasteiger partial charge in [0, 0.05) is 22.6 Å². The predicted octanol–water partition coefficient (Wildman–Crippen LogP) is 5.16. The molecule has 1 aromatic carbocycles. The monoisotopic (exact) mass is 316 g/mol. The molecule has 1 heterocycles. The molecule has 0 bridgehead atoms. The summed E-state index contributed by atoms with van der Waals surface area (Å²) in [6.07, 6.45) is 0.950. The van der Waals surface area contributed by atoms with Crippen molar-refractivity contribution in [1.82, 2.24) is 5.16 Å². The molecule has 1 N–H and O–H groups in total. The van der Waals surface area contributed by atoms with E-state index in [1.807, 2.05) is 6.92 Å². The zero-order chi connectivity index (χ0) is 15.5. The fraction of sp³-hybridized carbons (Fsp3) is 0.357. The lowest BCUT2D eigenvalue weighted by atomic mass is 10.2. The summed E-state index contributed by atoms with van der Waals surface area (Å²) in [5, 5.41) is 7.06. The molecule has 1 unspecified atom stereocenters. The Labute approximate surface area is 124 Å². The molecule has 21 heavy (non-hydrogen) atoms. The zero-order valence-corrected chi connectivity index (χ0v) is 12.4. The van der Waals surface area contributed by atoms with Crippen molar-refractivity contribution in [2.75, 3.05) is 5.32 Å². The quantitative estimate of drug-likeness (QED) is 0.773. The van der Waals surface area contributed by atoms with Crippen molar-refractivity contribution in [3.8, 4) is 11.3 Å². The molecule has 0 radical (unpaired) electrons. The van der Waals surface area contributed by atoms with Crippen molar-refractivity contribution in [2.24, 2.45) is 0 Å². The molecule has 1 aromatic heterocycles. The lowest BCUT2D eigenvalue weighted by Gasteiger charge is -2.08. The summed E-state index contributed by atoms with van der Waals surface area (Å²) >= 11 is -0.137. The highest BCUT2D eigenvalue weighted by atomic mass is 32.2. The maximum Gasteiger partial charge on any atom is 0.446 e. The molecule has 0 aliphatic heterocycles. The van der Waals surface area contributed by atoms with E-state index < -0.39 is 5.51 Å². The van der Waals surface area contributed by atoms with Gasteiger partial charge in [0.2, 0.25) is 0 Å². The highest BCUT2D eigenvalue weighted by molar-refractivity contribution is 8.00. The van der Waals surface area contributed by atoms with E-state index >= 15 is 0 Å². The van der Waals surface area contributed by atoms with E-state index in [-0.39, 0.29) is 22.7 Å². The number of benzene rings is 1. The lowest BCUT2D eigenvalue weighted by Crippen LogP contribution is -2.13. The zero-order valence-electron chi connectivity index (χ0n) is 11.6. The summed E-state index contributed by atoms with van der Waals surface area (Å²) in [5.74, 6) is 1.14. The van der Waals surface area contributed by atoms with Gasteiger partial charge in [0.1, 0.15) is 0 Å². The lowest BCUT2D eigenvalue weighted by molar-refractivity contribution is -0.0328. The second kappa shape index (κ2) is 6.43. The van der Waals surface area contributed by atoms with E-state index in [1.165, 1.54) is 12.1 Å². The van der Waals surface area contributed by atoms with Crippen molar-refractivity contribution < 1.29 is 17.7 Å². The average molecular weight is 316 g/mol.